The van der Waals surface area contributed by atoms with Gasteiger partial charge in [-0.15, -0.1) is 0 Å². The van der Waals surface area contributed by atoms with Gasteiger partial charge in [-0.05, 0) is 18.6 Å². The Morgan fingerprint density at radius 2 is 2.11 bits per heavy atom. The van der Waals surface area contributed by atoms with Crippen molar-refractivity contribution in [2.75, 3.05) is 7.11 Å². The van der Waals surface area contributed by atoms with Crippen LogP contribution in [0.5, 0.6) is 11.6 Å². The number of aryl methyl sites for hydroxylation is 1. The van der Waals surface area contributed by atoms with Gasteiger partial charge in [-0.2, -0.15) is 0 Å². The van der Waals surface area contributed by atoms with E-state index in [2.05, 4.69) is 14.7 Å². The summed E-state index contributed by atoms with van der Waals surface area (Å²) in [5.74, 6) is -1.07. The van der Waals surface area contributed by atoms with Crippen molar-refractivity contribution < 1.29 is 18.7 Å². The number of halogens is 1. The van der Waals surface area contributed by atoms with Crippen molar-refractivity contribution in [3.63, 3.8) is 0 Å². The molecule has 0 saturated heterocycles. The Balaban J connectivity index is 2.28. The molecule has 0 N–H and O–H groups in total. The maximum absolute atomic E-state index is 13.7. The molecule has 2 aromatic rings. The van der Waals surface area contributed by atoms with E-state index in [4.69, 9.17) is 4.74 Å². The fourth-order valence-electron chi connectivity index (χ4n) is 1.41. The van der Waals surface area contributed by atoms with Crippen molar-refractivity contribution in [1.29, 1.82) is 0 Å². The Hall–Kier alpha value is -2.50. The first kappa shape index (κ1) is 12.9. The van der Waals surface area contributed by atoms with Crippen molar-refractivity contribution in [3.05, 3.63) is 47.7 Å². The van der Waals surface area contributed by atoms with Crippen LogP contribution in [0.25, 0.3) is 0 Å². The van der Waals surface area contributed by atoms with Crippen LogP contribution in [0.1, 0.15) is 16.1 Å². The van der Waals surface area contributed by atoms with E-state index >= 15 is 0 Å². The van der Waals surface area contributed by atoms with Gasteiger partial charge in [-0.3, -0.25) is 4.98 Å². The largest absolute Gasteiger partial charge is 0.464 e. The number of rotatable bonds is 3. The molecule has 1 aromatic carbocycles. The molecule has 2 rings (SSSR count). The third kappa shape index (κ3) is 2.85. The third-order valence-corrected chi connectivity index (χ3v) is 2.38. The van der Waals surface area contributed by atoms with Gasteiger partial charge in [-0.1, -0.05) is 12.1 Å². The highest BCUT2D eigenvalue weighted by molar-refractivity contribution is 5.86. The lowest BCUT2D eigenvalue weighted by atomic mass is 10.2. The SMILES string of the molecule is COC(=O)c1cncc(Oc2cccc(C)c2F)n1. The Labute approximate surface area is 109 Å². The molecule has 1 aromatic heterocycles. The van der Waals surface area contributed by atoms with Gasteiger partial charge >= 0.3 is 5.97 Å². The van der Waals surface area contributed by atoms with Crippen molar-refractivity contribution >= 4 is 5.97 Å². The van der Waals surface area contributed by atoms with E-state index in [9.17, 15) is 9.18 Å². The molecule has 0 aliphatic rings. The number of aromatic nitrogens is 2. The molecule has 0 radical (unpaired) electrons. The summed E-state index contributed by atoms with van der Waals surface area (Å²) in [6.07, 6.45) is 2.53. The second kappa shape index (κ2) is 5.43. The number of carbonyl (C=O) groups is 1. The maximum atomic E-state index is 13.7. The molecular weight excluding hydrogens is 251 g/mol. The molecule has 0 spiro atoms. The second-order valence-corrected chi connectivity index (χ2v) is 3.72. The predicted molar refractivity (Wildman–Crippen MR) is 64.6 cm³/mol. The molecule has 1 heterocycles. The highest BCUT2D eigenvalue weighted by Gasteiger charge is 2.12. The highest BCUT2D eigenvalue weighted by atomic mass is 19.1. The van der Waals surface area contributed by atoms with Gasteiger partial charge < -0.3 is 9.47 Å². The molecule has 98 valence electrons. The number of esters is 1. The zero-order valence-electron chi connectivity index (χ0n) is 10.4. The van der Waals surface area contributed by atoms with E-state index in [0.717, 1.165) is 0 Å². The number of benzene rings is 1. The molecule has 0 amide bonds. The van der Waals surface area contributed by atoms with Crippen molar-refractivity contribution in [1.82, 2.24) is 9.97 Å². The molecule has 0 aliphatic carbocycles. The lowest BCUT2D eigenvalue weighted by Crippen LogP contribution is -2.05. The molecule has 6 heteroatoms. The van der Waals surface area contributed by atoms with Gasteiger partial charge in [0.15, 0.2) is 17.3 Å². The topological polar surface area (TPSA) is 61.3 Å². The molecule has 0 unspecified atom stereocenters. The lowest BCUT2D eigenvalue weighted by Gasteiger charge is -2.07. The van der Waals surface area contributed by atoms with Crippen molar-refractivity contribution in [2.45, 2.75) is 6.92 Å². The van der Waals surface area contributed by atoms with Crippen LogP contribution in [0.4, 0.5) is 4.39 Å². The molecule has 0 fully saturated rings. The van der Waals surface area contributed by atoms with Gasteiger partial charge in [0.05, 0.1) is 19.5 Å². The quantitative estimate of drug-likeness (QED) is 0.795. The standard InChI is InChI=1S/C13H11FN2O3/c1-8-4-3-5-10(12(8)14)19-11-7-15-6-9(16-11)13(17)18-2/h3-7H,1-2H3. The third-order valence-electron chi connectivity index (χ3n) is 2.38. The van der Waals surface area contributed by atoms with E-state index in [1.807, 2.05) is 0 Å². The Bertz CT molecular complexity index is 617. The maximum Gasteiger partial charge on any atom is 0.358 e. The first-order valence-corrected chi connectivity index (χ1v) is 5.45. The minimum absolute atomic E-state index is 0.00642. The van der Waals surface area contributed by atoms with Gasteiger partial charge in [0, 0.05) is 0 Å². The Kier molecular flexibility index (Phi) is 3.70. The molecule has 5 nitrogen and oxygen atoms in total. The summed E-state index contributed by atoms with van der Waals surface area (Å²) in [7, 11) is 1.23. The number of carbonyl (C=O) groups excluding carboxylic acids is 1. The monoisotopic (exact) mass is 262 g/mol. The van der Waals surface area contributed by atoms with Crippen LogP contribution >= 0.6 is 0 Å². The average Bonchev–Trinajstić information content (AvgIpc) is 2.43. The average molecular weight is 262 g/mol. The van der Waals surface area contributed by atoms with Crippen molar-refractivity contribution in [2.24, 2.45) is 0 Å². The second-order valence-electron chi connectivity index (χ2n) is 3.72. The number of nitrogens with zero attached hydrogens (tertiary/aromatic N) is 2. The molecule has 0 aliphatic heterocycles. The smallest absolute Gasteiger partial charge is 0.358 e. The lowest BCUT2D eigenvalue weighted by molar-refractivity contribution is 0.0592. The molecule has 0 saturated carbocycles. The minimum Gasteiger partial charge on any atom is -0.464 e. The fourth-order valence-corrected chi connectivity index (χ4v) is 1.41. The van der Waals surface area contributed by atoms with E-state index in [1.165, 1.54) is 25.6 Å². The first-order valence-electron chi connectivity index (χ1n) is 5.45. The van der Waals surface area contributed by atoms with Crippen LogP contribution in [0, 0.1) is 12.7 Å². The number of methoxy groups -OCH3 is 1. The van der Waals surface area contributed by atoms with Crippen LogP contribution in [-0.2, 0) is 4.74 Å². The van der Waals surface area contributed by atoms with Gasteiger partial charge in [0.2, 0.25) is 5.88 Å². The first-order chi connectivity index (χ1) is 9.11. The minimum atomic E-state index is -0.636. The van der Waals surface area contributed by atoms with Gasteiger partial charge in [-0.25, -0.2) is 14.2 Å². The summed E-state index contributed by atoms with van der Waals surface area (Å²) in [6.45, 7) is 1.62. The van der Waals surface area contributed by atoms with Gasteiger partial charge in [0.1, 0.15) is 0 Å². The van der Waals surface area contributed by atoms with Crippen LogP contribution in [0.3, 0.4) is 0 Å². The fraction of sp³-hybridized carbons (Fsp3) is 0.154. The van der Waals surface area contributed by atoms with E-state index in [0.29, 0.717) is 5.56 Å². The number of hydrogen-bond acceptors (Lipinski definition) is 5. The summed E-state index contributed by atoms with van der Waals surface area (Å²) in [5, 5.41) is 0. The van der Waals surface area contributed by atoms with Crippen LogP contribution in [-0.4, -0.2) is 23.0 Å². The molecule has 0 atom stereocenters. The predicted octanol–water partition coefficient (Wildman–Crippen LogP) is 2.50. The summed E-state index contributed by atoms with van der Waals surface area (Å²) in [6, 6.07) is 4.75. The highest BCUT2D eigenvalue weighted by Crippen LogP contribution is 2.24. The van der Waals surface area contributed by atoms with Crippen molar-refractivity contribution in [3.8, 4) is 11.6 Å². The van der Waals surface area contributed by atoms with E-state index < -0.39 is 11.8 Å². The summed E-state index contributed by atoms with van der Waals surface area (Å²) in [5.41, 5.74) is 0.447. The van der Waals surface area contributed by atoms with E-state index in [1.54, 1.807) is 19.1 Å². The summed E-state index contributed by atoms with van der Waals surface area (Å²) < 4.78 is 23.5. The van der Waals surface area contributed by atoms with Crippen LogP contribution in [0.2, 0.25) is 0 Å². The van der Waals surface area contributed by atoms with Crippen LogP contribution < -0.4 is 4.74 Å². The molecular formula is C13H11FN2O3. The van der Waals surface area contributed by atoms with Crippen LogP contribution in [0.15, 0.2) is 30.6 Å². The summed E-state index contributed by atoms with van der Waals surface area (Å²) >= 11 is 0. The Morgan fingerprint density at radius 3 is 2.84 bits per heavy atom. The number of hydrogen-bond donors (Lipinski definition) is 0. The summed E-state index contributed by atoms with van der Waals surface area (Å²) in [4.78, 5) is 19.0. The Morgan fingerprint density at radius 1 is 1.32 bits per heavy atom. The van der Waals surface area contributed by atoms with Gasteiger partial charge in [0.25, 0.3) is 0 Å². The normalized spacial score (nSPS) is 10.1. The zero-order chi connectivity index (χ0) is 13.8. The zero-order valence-corrected chi connectivity index (χ0v) is 10.4. The van der Waals surface area contributed by atoms with E-state index in [-0.39, 0.29) is 17.3 Å². The number of ether oxygens (including phenoxy) is 2. The molecule has 19 heavy (non-hydrogen) atoms. The molecule has 0 bridgehead atoms.